The maximum atomic E-state index is 12.5. The van der Waals surface area contributed by atoms with Crippen LogP contribution in [-0.4, -0.2) is 12.6 Å². The van der Waals surface area contributed by atoms with Crippen LogP contribution in [0.15, 0.2) is 72.8 Å². The van der Waals surface area contributed by atoms with E-state index >= 15 is 0 Å². The second-order valence-electron chi connectivity index (χ2n) is 7.38. The number of rotatable bonds is 10. The van der Waals surface area contributed by atoms with E-state index in [2.05, 4.69) is 6.92 Å². The molecule has 0 spiro atoms. The Morgan fingerprint density at radius 3 is 1.90 bits per heavy atom. The average molecular weight is 403 g/mol. The predicted molar refractivity (Wildman–Crippen MR) is 122 cm³/mol. The van der Waals surface area contributed by atoms with Crippen LogP contribution in [0, 0.1) is 0 Å². The van der Waals surface area contributed by atoms with Crippen LogP contribution in [0.5, 0.6) is 11.5 Å². The van der Waals surface area contributed by atoms with Crippen LogP contribution in [0.3, 0.4) is 0 Å². The molecular formula is C27H30O3. The number of carbonyl (C=O) groups excluding carboxylic acids is 1. The topological polar surface area (TPSA) is 35.5 Å². The van der Waals surface area contributed by atoms with Crippen LogP contribution in [-0.2, 0) is 6.42 Å². The van der Waals surface area contributed by atoms with Gasteiger partial charge in [0.1, 0.15) is 11.5 Å². The van der Waals surface area contributed by atoms with Crippen molar-refractivity contribution in [3.8, 4) is 22.6 Å². The van der Waals surface area contributed by atoms with Crippen molar-refractivity contribution < 1.29 is 14.3 Å². The first-order chi connectivity index (χ1) is 14.7. The summed E-state index contributed by atoms with van der Waals surface area (Å²) < 4.78 is 11.0. The standard InChI is InChI=1S/C27H30O3/c1-3-5-6-7-8-21-9-17-26(18-10-21)30-27(28)24-13-11-22(12-14-24)23-15-19-25(20-16-23)29-4-2/h9-20H,3-8H2,1-2H3. The molecule has 156 valence electrons. The van der Waals surface area contributed by atoms with Gasteiger partial charge in [0.05, 0.1) is 12.2 Å². The maximum Gasteiger partial charge on any atom is 0.343 e. The third-order valence-electron chi connectivity index (χ3n) is 5.07. The molecule has 0 saturated heterocycles. The van der Waals surface area contributed by atoms with Crippen LogP contribution in [0.2, 0.25) is 0 Å². The molecule has 3 heteroatoms. The van der Waals surface area contributed by atoms with Gasteiger partial charge in [-0.2, -0.15) is 0 Å². The van der Waals surface area contributed by atoms with Gasteiger partial charge in [0.2, 0.25) is 0 Å². The molecule has 0 aliphatic heterocycles. The van der Waals surface area contributed by atoms with Crippen LogP contribution in [0.25, 0.3) is 11.1 Å². The molecular weight excluding hydrogens is 372 g/mol. The van der Waals surface area contributed by atoms with E-state index in [-0.39, 0.29) is 5.97 Å². The Bertz CT molecular complexity index is 910. The molecule has 0 saturated carbocycles. The summed E-state index contributed by atoms with van der Waals surface area (Å²) in [6, 6.07) is 23.3. The highest BCUT2D eigenvalue weighted by Crippen LogP contribution is 2.23. The number of hydrogen-bond donors (Lipinski definition) is 0. The second-order valence-corrected chi connectivity index (χ2v) is 7.38. The lowest BCUT2D eigenvalue weighted by molar-refractivity contribution is 0.0734. The van der Waals surface area contributed by atoms with Gasteiger partial charge in [-0.25, -0.2) is 4.79 Å². The minimum absolute atomic E-state index is 0.344. The zero-order valence-corrected chi connectivity index (χ0v) is 17.9. The minimum Gasteiger partial charge on any atom is -0.494 e. The summed E-state index contributed by atoms with van der Waals surface area (Å²) in [5, 5.41) is 0. The quantitative estimate of drug-likeness (QED) is 0.206. The zero-order chi connectivity index (χ0) is 21.2. The van der Waals surface area contributed by atoms with Crippen LogP contribution < -0.4 is 9.47 Å². The predicted octanol–water partition coefficient (Wildman–Crippen LogP) is 7.09. The van der Waals surface area contributed by atoms with Crippen molar-refractivity contribution in [3.05, 3.63) is 83.9 Å². The number of carbonyl (C=O) groups is 1. The Kier molecular flexibility index (Phi) is 8.08. The largest absolute Gasteiger partial charge is 0.494 e. The molecule has 0 heterocycles. The van der Waals surface area contributed by atoms with E-state index < -0.39 is 0 Å². The minimum atomic E-state index is -0.344. The summed E-state index contributed by atoms with van der Waals surface area (Å²) in [4.78, 5) is 12.5. The fourth-order valence-corrected chi connectivity index (χ4v) is 3.36. The molecule has 3 nitrogen and oxygen atoms in total. The van der Waals surface area contributed by atoms with Crippen molar-refractivity contribution in [2.24, 2.45) is 0 Å². The van der Waals surface area contributed by atoms with Gasteiger partial charge in [-0.05, 0) is 72.9 Å². The average Bonchev–Trinajstić information content (AvgIpc) is 2.79. The van der Waals surface area contributed by atoms with E-state index in [4.69, 9.17) is 9.47 Å². The molecule has 0 aromatic heterocycles. The molecule has 3 rings (SSSR count). The molecule has 3 aromatic rings. The van der Waals surface area contributed by atoms with E-state index in [1.807, 2.05) is 67.6 Å². The summed E-state index contributed by atoms with van der Waals surface area (Å²) in [5.74, 6) is 1.09. The van der Waals surface area contributed by atoms with Gasteiger partial charge in [-0.3, -0.25) is 0 Å². The molecule has 0 N–H and O–H groups in total. The summed E-state index contributed by atoms with van der Waals surface area (Å²) >= 11 is 0. The van der Waals surface area contributed by atoms with E-state index in [1.165, 1.54) is 31.2 Å². The summed E-state index contributed by atoms with van der Waals surface area (Å²) in [5.41, 5.74) is 3.94. The Morgan fingerprint density at radius 1 is 0.700 bits per heavy atom. The van der Waals surface area contributed by atoms with E-state index in [0.717, 1.165) is 23.3 Å². The molecule has 0 radical (unpaired) electrons. The van der Waals surface area contributed by atoms with Gasteiger partial charge >= 0.3 is 5.97 Å². The van der Waals surface area contributed by atoms with E-state index in [1.54, 1.807) is 12.1 Å². The van der Waals surface area contributed by atoms with E-state index in [0.29, 0.717) is 17.9 Å². The van der Waals surface area contributed by atoms with E-state index in [9.17, 15) is 4.79 Å². The van der Waals surface area contributed by atoms with Gasteiger partial charge in [0.15, 0.2) is 0 Å². The highest BCUT2D eigenvalue weighted by atomic mass is 16.5. The number of esters is 1. The monoisotopic (exact) mass is 402 g/mol. The second kappa shape index (κ2) is 11.2. The summed E-state index contributed by atoms with van der Waals surface area (Å²) in [6.07, 6.45) is 6.07. The molecule has 3 aromatic carbocycles. The molecule has 0 atom stereocenters. The third-order valence-corrected chi connectivity index (χ3v) is 5.07. The maximum absolute atomic E-state index is 12.5. The smallest absolute Gasteiger partial charge is 0.343 e. The lowest BCUT2D eigenvalue weighted by atomic mass is 10.0. The van der Waals surface area contributed by atoms with Crippen LogP contribution in [0.1, 0.15) is 55.5 Å². The fourth-order valence-electron chi connectivity index (χ4n) is 3.36. The summed E-state index contributed by atoms with van der Waals surface area (Å²) in [6.45, 7) is 4.84. The molecule has 0 aliphatic carbocycles. The van der Waals surface area contributed by atoms with Crippen molar-refractivity contribution in [3.63, 3.8) is 0 Å². The number of benzene rings is 3. The Morgan fingerprint density at radius 2 is 1.30 bits per heavy atom. The third kappa shape index (κ3) is 6.21. The molecule has 0 aliphatic rings. The normalized spacial score (nSPS) is 10.6. The Balaban J connectivity index is 1.56. The van der Waals surface area contributed by atoms with Gasteiger partial charge in [-0.15, -0.1) is 0 Å². The molecule has 30 heavy (non-hydrogen) atoms. The van der Waals surface area contributed by atoms with Gasteiger partial charge < -0.3 is 9.47 Å². The van der Waals surface area contributed by atoms with Crippen molar-refractivity contribution in [2.75, 3.05) is 6.61 Å². The molecule has 0 bridgehead atoms. The Labute approximate surface area is 179 Å². The van der Waals surface area contributed by atoms with Crippen molar-refractivity contribution >= 4 is 5.97 Å². The summed E-state index contributed by atoms with van der Waals surface area (Å²) in [7, 11) is 0. The number of aryl methyl sites for hydroxylation is 1. The fraction of sp³-hybridized carbons (Fsp3) is 0.296. The van der Waals surface area contributed by atoms with Crippen LogP contribution >= 0.6 is 0 Å². The first-order valence-electron chi connectivity index (χ1n) is 10.8. The highest BCUT2D eigenvalue weighted by Gasteiger charge is 2.09. The Hall–Kier alpha value is -3.07. The van der Waals surface area contributed by atoms with Gasteiger partial charge in [-0.1, -0.05) is 62.6 Å². The zero-order valence-electron chi connectivity index (χ0n) is 17.9. The molecule has 0 amide bonds. The van der Waals surface area contributed by atoms with Crippen molar-refractivity contribution in [1.82, 2.24) is 0 Å². The van der Waals surface area contributed by atoms with Crippen LogP contribution in [0.4, 0.5) is 0 Å². The van der Waals surface area contributed by atoms with Crippen molar-refractivity contribution in [1.29, 1.82) is 0 Å². The number of ether oxygens (including phenoxy) is 2. The lowest BCUT2D eigenvalue weighted by Gasteiger charge is -2.08. The molecule has 0 unspecified atom stereocenters. The van der Waals surface area contributed by atoms with Gasteiger partial charge in [0.25, 0.3) is 0 Å². The highest BCUT2D eigenvalue weighted by molar-refractivity contribution is 5.91. The number of hydrogen-bond acceptors (Lipinski definition) is 3. The number of unbranched alkanes of at least 4 members (excludes halogenated alkanes) is 3. The lowest BCUT2D eigenvalue weighted by Crippen LogP contribution is -2.08. The van der Waals surface area contributed by atoms with Gasteiger partial charge in [0, 0.05) is 0 Å². The first kappa shape index (κ1) is 21.6. The van der Waals surface area contributed by atoms with Crippen molar-refractivity contribution in [2.45, 2.75) is 46.0 Å². The molecule has 0 fully saturated rings. The first-order valence-corrected chi connectivity index (χ1v) is 10.8. The SMILES string of the molecule is CCCCCCc1ccc(OC(=O)c2ccc(-c3ccc(OCC)cc3)cc2)cc1.